The van der Waals surface area contributed by atoms with Gasteiger partial charge in [-0.25, -0.2) is 14.2 Å². The Hall–Kier alpha value is -3.90. The second-order valence-corrected chi connectivity index (χ2v) is 14.6. The maximum absolute atomic E-state index is 13.2. The first-order valence-corrected chi connectivity index (χ1v) is 16.9. The molecule has 46 heavy (non-hydrogen) atoms. The summed E-state index contributed by atoms with van der Waals surface area (Å²) in [5.41, 5.74) is 2.84. The van der Waals surface area contributed by atoms with Crippen molar-refractivity contribution in [3.63, 3.8) is 0 Å². The van der Waals surface area contributed by atoms with E-state index in [0.717, 1.165) is 33.5 Å². The summed E-state index contributed by atoms with van der Waals surface area (Å²) in [7, 11) is 3.43. The van der Waals surface area contributed by atoms with Gasteiger partial charge < -0.3 is 14.7 Å². The highest BCUT2D eigenvalue weighted by Gasteiger charge is 2.51. The predicted molar refractivity (Wildman–Crippen MR) is 180 cm³/mol. The lowest BCUT2D eigenvalue weighted by Gasteiger charge is -2.57. The molecule has 2 aromatic carbocycles. The van der Waals surface area contributed by atoms with Crippen LogP contribution in [0, 0.1) is 17.8 Å². The Bertz CT molecular complexity index is 2060. The SMILES string of the molecule is Cn1c(=O)n(C)c2cc(N3CCOCC3)c(N=Cc3c(O)n(-c4ccc(C56CC7CC(CC(C7)C5)C6)cc4Br)c(=O)[nH]c3=O)cc21. The van der Waals surface area contributed by atoms with E-state index in [4.69, 9.17) is 4.74 Å². The molecule has 0 amide bonds. The van der Waals surface area contributed by atoms with E-state index in [1.165, 1.54) is 50.3 Å². The zero-order valence-corrected chi connectivity index (χ0v) is 27.5. The number of nitrogens with zero attached hydrogens (tertiary/aromatic N) is 5. The summed E-state index contributed by atoms with van der Waals surface area (Å²) in [5, 5.41) is 11.4. The average Bonchev–Trinajstić information content (AvgIpc) is 3.23. The normalized spacial score (nSPS) is 25.7. The second-order valence-electron chi connectivity index (χ2n) is 13.8. The van der Waals surface area contributed by atoms with Crippen molar-refractivity contribution in [1.29, 1.82) is 0 Å². The molecule has 9 rings (SSSR count). The molecule has 5 fully saturated rings. The topological polar surface area (TPSA) is 127 Å². The number of anilines is 1. The number of nitrogens with one attached hydrogen (secondary N) is 1. The fraction of sp³-hybridized carbons (Fsp3) is 0.471. The van der Waals surface area contributed by atoms with Gasteiger partial charge in [-0.2, -0.15) is 0 Å². The van der Waals surface area contributed by atoms with Crippen LogP contribution in [0.3, 0.4) is 0 Å². The van der Waals surface area contributed by atoms with E-state index in [2.05, 4.69) is 42.9 Å². The van der Waals surface area contributed by atoms with Gasteiger partial charge in [-0.15, -0.1) is 0 Å². The van der Waals surface area contributed by atoms with Crippen LogP contribution in [0.15, 0.2) is 54.2 Å². The number of imidazole rings is 1. The molecule has 0 atom stereocenters. The summed E-state index contributed by atoms with van der Waals surface area (Å²) < 4.78 is 10.5. The zero-order chi connectivity index (χ0) is 31.9. The molecule has 240 valence electrons. The van der Waals surface area contributed by atoms with Crippen LogP contribution in [0.5, 0.6) is 5.88 Å². The number of halogens is 1. The first kappa shape index (κ1) is 29.5. The molecule has 0 unspecified atom stereocenters. The number of aryl methyl sites for hydroxylation is 2. The molecule has 4 aliphatic carbocycles. The third-order valence-electron chi connectivity index (χ3n) is 11.0. The minimum absolute atomic E-state index is 0.147. The molecule has 3 heterocycles. The zero-order valence-electron chi connectivity index (χ0n) is 26.0. The van der Waals surface area contributed by atoms with Gasteiger partial charge in [0.2, 0.25) is 5.88 Å². The van der Waals surface area contributed by atoms with Gasteiger partial charge in [0.1, 0.15) is 5.56 Å². The number of rotatable bonds is 5. The van der Waals surface area contributed by atoms with Crippen LogP contribution >= 0.6 is 15.9 Å². The van der Waals surface area contributed by atoms with Crippen molar-refractivity contribution < 1.29 is 9.84 Å². The lowest BCUT2D eigenvalue weighted by Crippen LogP contribution is -2.48. The van der Waals surface area contributed by atoms with E-state index >= 15 is 0 Å². The number of benzene rings is 2. The standard InChI is InChI=1S/C34H37BrN6O5/c1-38-28-13-25(27(40-5-7-46-8-6-40)14-29(28)39(2)33(38)45)36-18-23-30(42)37-32(44)41(31(23)43)26-4-3-22(12-24(26)35)34-15-19-9-20(16-34)11-21(10-19)17-34/h3-4,12-14,18-21,43H,5-11,15-17H2,1-2H3,(H,37,42,44). The van der Waals surface area contributed by atoms with Crippen molar-refractivity contribution in [2.75, 3.05) is 31.2 Å². The Morgan fingerprint density at radius 3 is 2.20 bits per heavy atom. The van der Waals surface area contributed by atoms with E-state index in [9.17, 15) is 19.5 Å². The number of aliphatic imine (C=N–C) groups is 1. The van der Waals surface area contributed by atoms with E-state index in [1.807, 2.05) is 12.1 Å². The summed E-state index contributed by atoms with van der Waals surface area (Å²) in [5.74, 6) is 1.90. The van der Waals surface area contributed by atoms with Gasteiger partial charge in [0.15, 0.2) is 0 Å². The monoisotopic (exact) mass is 688 g/mol. The minimum Gasteiger partial charge on any atom is -0.493 e. The third-order valence-corrected chi connectivity index (χ3v) is 11.6. The fourth-order valence-corrected chi connectivity index (χ4v) is 9.74. The maximum atomic E-state index is 13.2. The molecule has 2 N–H and O–H groups in total. The number of ether oxygens (including phenoxy) is 1. The number of hydrogen-bond donors (Lipinski definition) is 2. The Balaban J connectivity index is 1.19. The van der Waals surface area contributed by atoms with Crippen molar-refractivity contribution in [2.45, 2.75) is 43.9 Å². The summed E-state index contributed by atoms with van der Waals surface area (Å²) in [6, 6.07) is 9.77. The Kier molecular flexibility index (Phi) is 6.95. The van der Waals surface area contributed by atoms with Gasteiger partial charge in [-0.3, -0.25) is 23.9 Å². The summed E-state index contributed by atoms with van der Waals surface area (Å²) in [6.07, 6.45) is 8.99. The van der Waals surface area contributed by atoms with Crippen LogP contribution in [0.2, 0.25) is 0 Å². The van der Waals surface area contributed by atoms with E-state index in [1.54, 1.807) is 29.3 Å². The first-order chi connectivity index (χ1) is 22.1. The highest BCUT2D eigenvalue weighted by molar-refractivity contribution is 9.10. The molecule has 4 aromatic rings. The van der Waals surface area contributed by atoms with Crippen LogP contribution in [0.25, 0.3) is 16.7 Å². The van der Waals surface area contributed by atoms with Crippen molar-refractivity contribution in [3.8, 4) is 11.6 Å². The van der Waals surface area contributed by atoms with Gasteiger partial charge in [-0.05, 0) is 107 Å². The Morgan fingerprint density at radius 1 is 0.935 bits per heavy atom. The lowest BCUT2D eigenvalue weighted by atomic mass is 9.48. The van der Waals surface area contributed by atoms with Gasteiger partial charge in [0.05, 0.1) is 41.3 Å². The number of aromatic amines is 1. The van der Waals surface area contributed by atoms with Gasteiger partial charge in [-0.1, -0.05) is 6.07 Å². The highest BCUT2D eigenvalue weighted by atomic mass is 79.9. The van der Waals surface area contributed by atoms with Crippen molar-refractivity contribution in [2.24, 2.45) is 36.8 Å². The minimum atomic E-state index is -0.745. The molecular weight excluding hydrogens is 652 g/mol. The van der Waals surface area contributed by atoms with Gasteiger partial charge in [0.25, 0.3) is 5.56 Å². The molecule has 4 bridgehead atoms. The average molecular weight is 690 g/mol. The second kappa shape index (κ2) is 10.8. The molecule has 1 aliphatic heterocycles. The fourth-order valence-electron chi connectivity index (χ4n) is 9.18. The largest absolute Gasteiger partial charge is 0.493 e. The molecule has 11 nitrogen and oxygen atoms in total. The van der Waals surface area contributed by atoms with Crippen LogP contribution in [0.1, 0.15) is 49.7 Å². The number of fused-ring (bicyclic) bond motifs is 1. The van der Waals surface area contributed by atoms with Crippen LogP contribution in [-0.4, -0.2) is 56.3 Å². The third kappa shape index (κ3) is 4.63. The summed E-state index contributed by atoms with van der Waals surface area (Å²) in [4.78, 5) is 48.1. The molecule has 2 aromatic heterocycles. The number of hydrogen-bond acceptors (Lipinski definition) is 7. The summed E-state index contributed by atoms with van der Waals surface area (Å²) >= 11 is 3.70. The smallest absolute Gasteiger partial charge is 0.335 e. The molecule has 0 radical (unpaired) electrons. The molecule has 12 heteroatoms. The highest BCUT2D eigenvalue weighted by Crippen LogP contribution is 2.61. The molecule has 0 spiro atoms. The number of morpholine rings is 1. The van der Waals surface area contributed by atoms with Crippen LogP contribution in [-0.2, 0) is 24.2 Å². The molecule has 4 saturated carbocycles. The Labute approximate surface area is 273 Å². The van der Waals surface area contributed by atoms with E-state index in [-0.39, 0.29) is 16.7 Å². The summed E-state index contributed by atoms with van der Waals surface area (Å²) in [6.45, 7) is 2.38. The van der Waals surface area contributed by atoms with Crippen LogP contribution < -0.4 is 21.8 Å². The van der Waals surface area contributed by atoms with E-state index < -0.39 is 17.1 Å². The van der Waals surface area contributed by atoms with Crippen molar-refractivity contribution >= 4 is 44.6 Å². The number of H-pyrrole nitrogens is 1. The quantitative estimate of drug-likeness (QED) is 0.302. The first-order valence-electron chi connectivity index (χ1n) is 16.1. The molecule has 5 aliphatic rings. The van der Waals surface area contributed by atoms with Crippen LogP contribution in [0.4, 0.5) is 11.4 Å². The molecular formula is C34H37BrN6O5. The molecule has 1 saturated heterocycles. The number of aromatic hydroxyl groups is 1. The number of aromatic nitrogens is 4. The van der Waals surface area contributed by atoms with Crippen molar-refractivity contribution in [1.82, 2.24) is 18.7 Å². The van der Waals surface area contributed by atoms with Crippen molar-refractivity contribution in [3.05, 3.63) is 77.3 Å². The lowest BCUT2D eigenvalue weighted by molar-refractivity contribution is -0.00521. The van der Waals surface area contributed by atoms with Gasteiger partial charge in [0, 0.05) is 37.9 Å². The maximum Gasteiger partial charge on any atom is 0.335 e. The Morgan fingerprint density at radius 2 is 1.57 bits per heavy atom. The van der Waals surface area contributed by atoms with E-state index in [0.29, 0.717) is 47.7 Å². The predicted octanol–water partition coefficient (Wildman–Crippen LogP) is 4.24. The van der Waals surface area contributed by atoms with Gasteiger partial charge >= 0.3 is 11.4 Å².